The van der Waals surface area contributed by atoms with E-state index in [1.54, 1.807) is 0 Å². The van der Waals surface area contributed by atoms with Gasteiger partial charge in [0.15, 0.2) is 0 Å². The fraction of sp³-hybridized carbons (Fsp3) is 0.400. The van der Waals surface area contributed by atoms with Crippen LogP contribution in [0.25, 0.3) is 0 Å². The molecule has 0 spiro atoms. The zero-order valence-electron chi connectivity index (χ0n) is 13.7. The molecular weight excluding hydrogens is 282 g/mol. The summed E-state index contributed by atoms with van der Waals surface area (Å²) in [5.74, 6) is 0. The van der Waals surface area contributed by atoms with E-state index in [0.717, 1.165) is 26.1 Å². The number of nitrogens with one attached hydrogen (secondary N) is 1. The summed E-state index contributed by atoms with van der Waals surface area (Å²) in [4.78, 5) is 2.54. The van der Waals surface area contributed by atoms with E-state index in [2.05, 4.69) is 64.8 Å². The SMILES string of the molecule is NC(Cc1ccccc1)NC1CCN(Cc2ccccc2)CC1. The Morgan fingerprint density at radius 3 is 2.09 bits per heavy atom. The van der Waals surface area contributed by atoms with Crippen LogP contribution in [0.4, 0.5) is 0 Å². The summed E-state index contributed by atoms with van der Waals surface area (Å²) in [7, 11) is 0. The van der Waals surface area contributed by atoms with E-state index in [-0.39, 0.29) is 6.17 Å². The van der Waals surface area contributed by atoms with Gasteiger partial charge in [-0.2, -0.15) is 0 Å². The fourth-order valence-corrected chi connectivity index (χ4v) is 3.33. The first kappa shape index (κ1) is 16.2. The molecular formula is C20H27N3. The Kier molecular flexibility index (Phi) is 5.81. The molecule has 122 valence electrons. The predicted octanol–water partition coefficient (Wildman–Crippen LogP) is 2.77. The third-order valence-corrected chi connectivity index (χ3v) is 4.58. The molecule has 1 fully saturated rings. The van der Waals surface area contributed by atoms with Crippen LogP contribution in [0.15, 0.2) is 60.7 Å². The lowest BCUT2D eigenvalue weighted by Gasteiger charge is -2.34. The smallest absolute Gasteiger partial charge is 0.0589 e. The normalized spacial score (nSPS) is 18.0. The minimum Gasteiger partial charge on any atom is -0.316 e. The molecule has 0 bridgehead atoms. The lowest BCUT2D eigenvalue weighted by atomic mass is 10.0. The minimum absolute atomic E-state index is 0.0445. The summed E-state index contributed by atoms with van der Waals surface area (Å²) in [6.45, 7) is 3.35. The van der Waals surface area contributed by atoms with Crippen molar-refractivity contribution in [1.82, 2.24) is 10.2 Å². The highest BCUT2D eigenvalue weighted by Crippen LogP contribution is 2.14. The molecule has 23 heavy (non-hydrogen) atoms. The molecule has 1 saturated heterocycles. The summed E-state index contributed by atoms with van der Waals surface area (Å²) >= 11 is 0. The molecule has 0 amide bonds. The number of nitrogens with two attached hydrogens (primary N) is 1. The molecule has 0 radical (unpaired) electrons. The van der Waals surface area contributed by atoms with Gasteiger partial charge in [0.1, 0.15) is 0 Å². The highest BCUT2D eigenvalue weighted by Gasteiger charge is 2.20. The van der Waals surface area contributed by atoms with Crippen molar-refractivity contribution in [2.75, 3.05) is 13.1 Å². The van der Waals surface area contributed by atoms with E-state index in [9.17, 15) is 0 Å². The summed E-state index contributed by atoms with van der Waals surface area (Å²) in [6.07, 6.45) is 3.29. The van der Waals surface area contributed by atoms with Crippen molar-refractivity contribution < 1.29 is 0 Å². The van der Waals surface area contributed by atoms with E-state index in [1.165, 1.54) is 24.0 Å². The molecule has 1 unspecified atom stereocenters. The third-order valence-electron chi connectivity index (χ3n) is 4.58. The van der Waals surface area contributed by atoms with Crippen LogP contribution in [0.5, 0.6) is 0 Å². The molecule has 2 aromatic rings. The molecule has 1 heterocycles. The van der Waals surface area contributed by atoms with Crippen LogP contribution >= 0.6 is 0 Å². The second kappa shape index (κ2) is 8.25. The van der Waals surface area contributed by atoms with Gasteiger partial charge in [-0.05, 0) is 37.1 Å². The summed E-state index contributed by atoms with van der Waals surface area (Å²) in [5, 5.41) is 3.60. The zero-order chi connectivity index (χ0) is 15.9. The Balaban J connectivity index is 1.40. The predicted molar refractivity (Wildman–Crippen MR) is 96.0 cm³/mol. The third kappa shape index (κ3) is 5.17. The zero-order valence-corrected chi connectivity index (χ0v) is 13.7. The summed E-state index contributed by atoms with van der Waals surface area (Å²) in [6, 6.07) is 21.8. The molecule has 3 nitrogen and oxygen atoms in total. The number of hydrogen-bond donors (Lipinski definition) is 2. The maximum atomic E-state index is 6.27. The molecule has 0 saturated carbocycles. The van der Waals surface area contributed by atoms with Gasteiger partial charge in [-0.1, -0.05) is 60.7 Å². The summed E-state index contributed by atoms with van der Waals surface area (Å²) < 4.78 is 0. The Labute approximate surface area is 139 Å². The largest absolute Gasteiger partial charge is 0.316 e. The maximum Gasteiger partial charge on any atom is 0.0589 e. The fourth-order valence-electron chi connectivity index (χ4n) is 3.33. The second-order valence-corrected chi connectivity index (χ2v) is 6.50. The quantitative estimate of drug-likeness (QED) is 0.806. The van der Waals surface area contributed by atoms with Gasteiger partial charge < -0.3 is 5.73 Å². The van der Waals surface area contributed by atoms with Gasteiger partial charge in [0, 0.05) is 19.0 Å². The van der Waals surface area contributed by atoms with E-state index in [0.29, 0.717) is 6.04 Å². The van der Waals surface area contributed by atoms with Crippen molar-refractivity contribution >= 4 is 0 Å². The number of nitrogens with zero attached hydrogens (tertiary/aromatic N) is 1. The lowest BCUT2D eigenvalue weighted by Crippen LogP contribution is -2.50. The van der Waals surface area contributed by atoms with E-state index in [4.69, 9.17) is 5.73 Å². The molecule has 3 N–H and O–H groups in total. The van der Waals surface area contributed by atoms with Gasteiger partial charge in [-0.25, -0.2) is 0 Å². The first-order valence-electron chi connectivity index (χ1n) is 8.61. The van der Waals surface area contributed by atoms with Crippen LogP contribution in [0, 0.1) is 0 Å². The highest BCUT2D eigenvalue weighted by atomic mass is 15.2. The van der Waals surface area contributed by atoms with Crippen molar-refractivity contribution in [2.45, 2.75) is 38.0 Å². The van der Waals surface area contributed by atoms with Crippen molar-refractivity contribution in [1.29, 1.82) is 0 Å². The van der Waals surface area contributed by atoms with Crippen LogP contribution in [0.3, 0.4) is 0 Å². The van der Waals surface area contributed by atoms with E-state index >= 15 is 0 Å². The average Bonchev–Trinajstić information content (AvgIpc) is 2.58. The van der Waals surface area contributed by atoms with Gasteiger partial charge in [-0.15, -0.1) is 0 Å². The van der Waals surface area contributed by atoms with Crippen molar-refractivity contribution in [3.05, 3.63) is 71.8 Å². The molecule has 0 aromatic heterocycles. The number of likely N-dealkylation sites (tertiary alicyclic amines) is 1. The van der Waals surface area contributed by atoms with Crippen molar-refractivity contribution in [3.63, 3.8) is 0 Å². The molecule has 1 aliphatic rings. The first-order valence-corrected chi connectivity index (χ1v) is 8.61. The number of benzene rings is 2. The van der Waals surface area contributed by atoms with Crippen LogP contribution in [0.1, 0.15) is 24.0 Å². The molecule has 2 aromatic carbocycles. The molecule has 1 atom stereocenters. The van der Waals surface area contributed by atoms with E-state index < -0.39 is 0 Å². The van der Waals surface area contributed by atoms with Gasteiger partial charge in [0.25, 0.3) is 0 Å². The monoisotopic (exact) mass is 309 g/mol. The molecule has 0 aliphatic carbocycles. The van der Waals surface area contributed by atoms with Crippen LogP contribution in [-0.4, -0.2) is 30.2 Å². The molecule has 1 aliphatic heterocycles. The summed E-state index contributed by atoms with van der Waals surface area (Å²) in [5.41, 5.74) is 8.97. The Morgan fingerprint density at radius 2 is 1.48 bits per heavy atom. The van der Waals surface area contributed by atoms with Crippen LogP contribution in [-0.2, 0) is 13.0 Å². The molecule has 3 heteroatoms. The van der Waals surface area contributed by atoms with Crippen LogP contribution in [0.2, 0.25) is 0 Å². The van der Waals surface area contributed by atoms with Gasteiger partial charge in [0.05, 0.1) is 6.17 Å². The maximum absolute atomic E-state index is 6.27. The van der Waals surface area contributed by atoms with Crippen LogP contribution < -0.4 is 11.1 Å². The standard InChI is InChI=1S/C20H27N3/c21-20(15-17-7-3-1-4-8-17)22-19-11-13-23(14-12-19)16-18-9-5-2-6-10-18/h1-10,19-20,22H,11-16,21H2. The Bertz CT molecular complexity index is 562. The number of rotatable bonds is 6. The average molecular weight is 309 g/mol. The Morgan fingerprint density at radius 1 is 0.913 bits per heavy atom. The van der Waals surface area contributed by atoms with Gasteiger partial charge >= 0.3 is 0 Å². The topological polar surface area (TPSA) is 41.3 Å². The minimum atomic E-state index is 0.0445. The highest BCUT2D eigenvalue weighted by molar-refractivity contribution is 5.16. The second-order valence-electron chi connectivity index (χ2n) is 6.50. The Hall–Kier alpha value is -1.68. The number of hydrogen-bond acceptors (Lipinski definition) is 3. The number of piperidine rings is 1. The van der Waals surface area contributed by atoms with Gasteiger partial charge in [0.2, 0.25) is 0 Å². The lowest BCUT2D eigenvalue weighted by molar-refractivity contribution is 0.184. The van der Waals surface area contributed by atoms with E-state index in [1.807, 2.05) is 6.07 Å². The first-order chi connectivity index (χ1) is 11.3. The van der Waals surface area contributed by atoms with Crippen molar-refractivity contribution in [2.24, 2.45) is 5.73 Å². The van der Waals surface area contributed by atoms with Crippen molar-refractivity contribution in [3.8, 4) is 0 Å². The van der Waals surface area contributed by atoms with Gasteiger partial charge in [-0.3, -0.25) is 10.2 Å². The molecule has 3 rings (SSSR count).